The summed E-state index contributed by atoms with van der Waals surface area (Å²) >= 11 is 0. The Morgan fingerprint density at radius 2 is 1.90 bits per heavy atom. The predicted octanol–water partition coefficient (Wildman–Crippen LogP) is 1.77. The highest BCUT2D eigenvalue weighted by Gasteiger charge is 2.19. The van der Waals surface area contributed by atoms with E-state index in [4.69, 9.17) is 0 Å². The van der Waals surface area contributed by atoms with E-state index in [1.165, 1.54) is 5.56 Å². The molecule has 4 heteroatoms. The fourth-order valence-electron chi connectivity index (χ4n) is 2.75. The Bertz CT molecular complexity index is 425. The van der Waals surface area contributed by atoms with Crippen LogP contribution < -0.4 is 10.6 Å². The number of carbonyl (C=O) groups is 1. The third-order valence-corrected chi connectivity index (χ3v) is 3.84. The molecule has 1 saturated heterocycles. The summed E-state index contributed by atoms with van der Waals surface area (Å²) in [5.74, 6) is 0.0942. The third-order valence-electron chi connectivity index (χ3n) is 3.84. The second kappa shape index (κ2) is 8.15. The molecule has 0 unspecified atom stereocenters. The Morgan fingerprint density at radius 3 is 2.52 bits per heavy atom. The maximum atomic E-state index is 11.6. The summed E-state index contributed by atoms with van der Waals surface area (Å²) in [5, 5.41) is 6.28. The number of rotatable bonds is 6. The van der Waals surface area contributed by atoms with Gasteiger partial charge >= 0.3 is 0 Å². The molecule has 1 aliphatic rings. The number of piperidine rings is 1. The van der Waals surface area contributed by atoms with Crippen molar-refractivity contribution in [2.45, 2.75) is 45.3 Å². The highest BCUT2D eigenvalue weighted by molar-refractivity contribution is 5.78. The smallest absolute Gasteiger partial charge is 0.234 e. The van der Waals surface area contributed by atoms with Crippen LogP contribution in [-0.2, 0) is 11.3 Å². The largest absolute Gasteiger partial charge is 0.353 e. The average Bonchev–Trinajstić information content (AvgIpc) is 2.47. The van der Waals surface area contributed by atoms with Gasteiger partial charge in [-0.05, 0) is 45.3 Å². The topological polar surface area (TPSA) is 44.4 Å². The van der Waals surface area contributed by atoms with Crippen LogP contribution in [0.15, 0.2) is 30.3 Å². The van der Waals surface area contributed by atoms with Gasteiger partial charge in [-0.3, -0.25) is 9.69 Å². The molecule has 0 aromatic heterocycles. The van der Waals surface area contributed by atoms with Gasteiger partial charge in [0.1, 0.15) is 0 Å². The minimum atomic E-state index is 0.0942. The van der Waals surface area contributed by atoms with Crippen LogP contribution >= 0.6 is 0 Å². The van der Waals surface area contributed by atoms with E-state index in [1.807, 2.05) is 13.8 Å². The van der Waals surface area contributed by atoms with E-state index in [1.54, 1.807) is 0 Å². The van der Waals surface area contributed by atoms with E-state index in [0.29, 0.717) is 12.6 Å². The fraction of sp³-hybridized carbons (Fsp3) is 0.588. The molecule has 1 amide bonds. The molecule has 0 radical (unpaired) electrons. The molecule has 21 heavy (non-hydrogen) atoms. The lowest BCUT2D eigenvalue weighted by atomic mass is 10.0. The number of carbonyl (C=O) groups excluding carboxylic acids is 1. The summed E-state index contributed by atoms with van der Waals surface area (Å²) in [6.45, 7) is 7.62. The molecule has 0 aliphatic carbocycles. The Labute approximate surface area is 127 Å². The minimum absolute atomic E-state index is 0.0942. The number of nitrogens with one attached hydrogen (secondary N) is 2. The lowest BCUT2D eigenvalue weighted by Gasteiger charge is -2.32. The van der Waals surface area contributed by atoms with Crippen LogP contribution in [0.2, 0.25) is 0 Å². The van der Waals surface area contributed by atoms with Gasteiger partial charge in [-0.1, -0.05) is 30.3 Å². The molecule has 1 heterocycles. The Hall–Kier alpha value is -1.39. The normalized spacial score (nSPS) is 17.1. The molecule has 4 nitrogen and oxygen atoms in total. The standard InChI is InChI=1S/C17H27N3O/c1-14(2)19-17(21)12-18-16-8-10-20(11-9-16)13-15-6-4-3-5-7-15/h3-7,14,16,18H,8-13H2,1-2H3,(H,19,21). The van der Waals surface area contributed by atoms with Crippen LogP contribution in [0.4, 0.5) is 0 Å². The Morgan fingerprint density at radius 1 is 1.24 bits per heavy atom. The van der Waals surface area contributed by atoms with Gasteiger partial charge in [0.25, 0.3) is 0 Å². The molecule has 1 aromatic rings. The zero-order valence-electron chi connectivity index (χ0n) is 13.1. The van der Waals surface area contributed by atoms with Gasteiger partial charge in [-0.25, -0.2) is 0 Å². The monoisotopic (exact) mass is 289 g/mol. The molecular formula is C17H27N3O. The van der Waals surface area contributed by atoms with Crippen molar-refractivity contribution in [2.24, 2.45) is 0 Å². The summed E-state index contributed by atoms with van der Waals surface area (Å²) in [7, 11) is 0. The summed E-state index contributed by atoms with van der Waals surface area (Å²) in [4.78, 5) is 14.1. The number of hydrogen-bond acceptors (Lipinski definition) is 3. The maximum Gasteiger partial charge on any atom is 0.234 e. The third kappa shape index (κ3) is 5.86. The molecule has 2 rings (SSSR count). The van der Waals surface area contributed by atoms with Crippen molar-refractivity contribution in [3.8, 4) is 0 Å². The molecule has 0 bridgehead atoms. The van der Waals surface area contributed by atoms with Crippen LogP contribution in [0, 0.1) is 0 Å². The quantitative estimate of drug-likeness (QED) is 0.839. The van der Waals surface area contributed by atoms with Crippen molar-refractivity contribution in [3.05, 3.63) is 35.9 Å². The van der Waals surface area contributed by atoms with Gasteiger partial charge in [0, 0.05) is 18.6 Å². The van der Waals surface area contributed by atoms with Gasteiger partial charge in [-0.2, -0.15) is 0 Å². The van der Waals surface area contributed by atoms with Gasteiger partial charge < -0.3 is 10.6 Å². The molecular weight excluding hydrogens is 262 g/mol. The minimum Gasteiger partial charge on any atom is -0.353 e. The fourth-order valence-corrected chi connectivity index (χ4v) is 2.75. The Balaban J connectivity index is 1.65. The average molecular weight is 289 g/mol. The number of amides is 1. The van der Waals surface area contributed by atoms with Crippen molar-refractivity contribution in [1.29, 1.82) is 0 Å². The van der Waals surface area contributed by atoms with E-state index >= 15 is 0 Å². The Kier molecular flexibility index (Phi) is 6.21. The molecule has 1 aromatic carbocycles. The van der Waals surface area contributed by atoms with Gasteiger partial charge in [-0.15, -0.1) is 0 Å². The molecule has 116 valence electrons. The first-order chi connectivity index (χ1) is 10.1. The van der Waals surface area contributed by atoms with Crippen molar-refractivity contribution in [3.63, 3.8) is 0 Å². The van der Waals surface area contributed by atoms with Crippen LogP contribution in [0.25, 0.3) is 0 Å². The first-order valence-electron chi connectivity index (χ1n) is 7.92. The molecule has 0 saturated carbocycles. The van der Waals surface area contributed by atoms with E-state index in [0.717, 1.165) is 32.5 Å². The summed E-state index contributed by atoms with van der Waals surface area (Å²) in [6.07, 6.45) is 2.23. The second-order valence-corrected chi connectivity index (χ2v) is 6.14. The molecule has 2 N–H and O–H groups in total. The van der Waals surface area contributed by atoms with E-state index in [-0.39, 0.29) is 11.9 Å². The predicted molar refractivity (Wildman–Crippen MR) is 86.0 cm³/mol. The van der Waals surface area contributed by atoms with Crippen molar-refractivity contribution in [1.82, 2.24) is 15.5 Å². The van der Waals surface area contributed by atoms with E-state index < -0.39 is 0 Å². The van der Waals surface area contributed by atoms with Crippen molar-refractivity contribution >= 4 is 5.91 Å². The van der Waals surface area contributed by atoms with Gasteiger partial charge in [0.05, 0.1) is 6.54 Å². The lowest BCUT2D eigenvalue weighted by Crippen LogP contribution is -2.46. The van der Waals surface area contributed by atoms with Crippen LogP contribution in [0.3, 0.4) is 0 Å². The summed E-state index contributed by atoms with van der Waals surface area (Å²) in [5.41, 5.74) is 1.38. The first-order valence-corrected chi connectivity index (χ1v) is 7.92. The summed E-state index contributed by atoms with van der Waals surface area (Å²) < 4.78 is 0. The second-order valence-electron chi connectivity index (χ2n) is 6.14. The number of benzene rings is 1. The zero-order valence-corrected chi connectivity index (χ0v) is 13.1. The van der Waals surface area contributed by atoms with E-state index in [2.05, 4.69) is 45.9 Å². The molecule has 1 aliphatic heterocycles. The summed E-state index contributed by atoms with van der Waals surface area (Å²) in [6, 6.07) is 11.3. The number of nitrogens with zero attached hydrogens (tertiary/aromatic N) is 1. The molecule has 0 atom stereocenters. The lowest BCUT2D eigenvalue weighted by molar-refractivity contribution is -0.120. The SMILES string of the molecule is CC(C)NC(=O)CNC1CCN(Cc2ccccc2)CC1. The van der Waals surface area contributed by atoms with Crippen molar-refractivity contribution < 1.29 is 4.79 Å². The number of hydrogen-bond donors (Lipinski definition) is 2. The molecule has 1 fully saturated rings. The van der Waals surface area contributed by atoms with Crippen LogP contribution in [0.1, 0.15) is 32.3 Å². The van der Waals surface area contributed by atoms with Gasteiger partial charge in [0.2, 0.25) is 5.91 Å². The molecule has 0 spiro atoms. The van der Waals surface area contributed by atoms with Gasteiger partial charge in [0.15, 0.2) is 0 Å². The highest BCUT2D eigenvalue weighted by atomic mass is 16.1. The highest BCUT2D eigenvalue weighted by Crippen LogP contribution is 2.13. The maximum absolute atomic E-state index is 11.6. The van der Waals surface area contributed by atoms with Crippen molar-refractivity contribution in [2.75, 3.05) is 19.6 Å². The van der Waals surface area contributed by atoms with E-state index in [9.17, 15) is 4.79 Å². The van der Waals surface area contributed by atoms with Crippen LogP contribution in [0.5, 0.6) is 0 Å². The first kappa shape index (κ1) is 16.0. The zero-order chi connectivity index (χ0) is 15.1. The number of likely N-dealkylation sites (tertiary alicyclic amines) is 1. The van der Waals surface area contributed by atoms with Crippen LogP contribution in [-0.4, -0.2) is 42.5 Å².